The fourth-order valence-corrected chi connectivity index (χ4v) is 4.67. The number of hydrogen-bond donors (Lipinski definition) is 1. The van der Waals surface area contributed by atoms with Gasteiger partial charge in [0.2, 0.25) is 0 Å². The number of allylic oxidation sites excluding steroid dienone is 3. The molecule has 0 bridgehead atoms. The van der Waals surface area contributed by atoms with Crippen LogP contribution in [0.25, 0.3) is 5.57 Å². The minimum atomic E-state index is 0.403. The van der Waals surface area contributed by atoms with E-state index in [0.29, 0.717) is 16.1 Å². The van der Waals surface area contributed by atoms with Gasteiger partial charge in [-0.25, -0.2) is 0 Å². The van der Waals surface area contributed by atoms with Gasteiger partial charge in [-0.1, -0.05) is 47.5 Å². The molecule has 164 valence electrons. The van der Waals surface area contributed by atoms with Crippen LogP contribution >= 0.6 is 23.2 Å². The molecule has 0 radical (unpaired) electrons. The minimum Gasteiger partial charge on any atom is -0.372 e. The summed E-state index contributed by atoms with van der Waals surface area (Å²) in [6.07, 6.45) is 9.09. The molecule has 0 aromatic heterocycles. The van der Waals surface area contributed by atoms with Crippen LogP contribution in [0.1, 0.15) is 38.8 Å². The summed E-state index contributed by atoms with van der Waals surface area (Å²) in [6, 6.07) is 14.9. The fourth-order valence-electron chi connectivity index (χ4n) is 4.29. The highest BCUT2D eigenvalue weighted by Crippen LogP contribution is 2.36. The maximum Gasteiger partial charge on any atom is 0.125 e. The van der Waals surface area contributed by atoms with Gasteiger partial charge in [0, 0.05) is 34.4 Å². The molecule has 31 heavy (non-hydrogen) atoms. The van der Waals surface area contributed by atoms with Crippen LogP contribution in [-0.2, 0) is 0 Å². The maximum absolute atomic E-state index is 6.66. The molecular formula is C27H33Cl2N2+. The van der Waals surface area contributed by atoms with Crippen molar-refractivity contribution in [1.29, 1.82) is 0 Å². The highest BCUT2D eigenvalue weighted by molar-refractivity contribution is 6.34. The molecule has 1 aliphatic rings. The number of anilines is 1. The first-order valence-electron chi connectivity index (χ1n) is 11.3. The maximum atomic E-state index is 6.66. The third kappa shape index (κ3) is 5.44. The molecule has 3 rings (SSSR count). The van der Waals surface area contributed by atoms with Crippen molar-refractivity contribution in [2.75, 3.05) is 31.1 Å². The Labute approximate surface area is 197 Å². The Morgan fingerprint density at radius 2 is 1.48 bits per heavy atom. The van der Waals surface area contributed by atoms with Crippen LogP contribution in [0.3, 0.4) is 0 Å². The fraction of sp³-hybridized carbons (Fsp3) is 0.333. The summed E-state index contributed by atoms with van der Waals surface area (Å²) in [6.45, 7) is 13.0. The highest BCUT2D eigenvalue weighted by Gasteiger charge is 2.19. The van der Waals surface area contributed by atoms with E-state index in [1.807, 2.05) is 18.2 Å². The smallest absolute Gasteiger partial charge is 0.125 e. The molecule has 1 aliphatic carbocycles. The van der Waals surface area contributed by atoms with Gasteiger partial charge in [0.15, 0.2) is 0 Å². The quantitative estimate of drug-likeness (QED) is 0.507. The second-order valence-electron chi connectivity index (χ2n) is 7.78. The third-order valence-corrected chi connectivity index (χ3v) is 6.68. The molecule has 0 heterocycles. The van der Waals surface area contributed by atoms with Crippen molar-refractivity contribution in [1.82, 2.24) is 0 Å². The summed E-state index contributed by atoms with van der Waals surface area (Å²) in [7, 11) is 0. The van der Waals surface area contributed by atoms with Crippen molar-refractivity contribution in [3.8, 4) is 0 Å². The second kappa shape index (κ2) is 11.0. The zero-order valence-electron chi connectivity index (χ0n) is 19.0. The summed E-state index contributed by atoms with van der Waals surface area (Å²) >= 11 is 13.0. The molecule has 0 saturated heterocycles. The Balaban J connectivity index is 2.09. The minimum absolute atomic E-state index is 0.403. The molecule has 0 fully saturated rings. The molecule has 2 aromatic rings. The molecule has 1 N–H and O–H groups in total. The molecule has 2 aromatic carbocycles. The van der Waals surface area contributed by atoms with Crippen LogP contribution < -0.4 is 9.80 Å². The van der Waals surface area contributed by atoms with Crippen molar-refractivity contribution >= 4 is 34.5 Å². The van der Waals surface area contributed by atoms with Gasteiger partial charge in [0.1, 0.15) is 6.04 Å². The molecule has 0 unspecified atom stereocenters. The first-order valence-corrected chi connectivity index (χ1v) is 12.0. The average molecular weight is 456 g/mol. The molecule has 0 atom stereocenters. The number of halogens is 2. The summed E-state index contributed by atoms with van der Waals surface area (Å²) in [5.74, 6) is 0. The molecular weight excluding hydrogens is 423 g/mol. The number of nitrogens with zero attached hydrogens (tertiary/aromatic N) is 1. The monoisotopic (exact) mass is 455 g/mol. The van der Waals surface area contributed by atoms with Crippen LogP contribution in [-0.4, -0.2) is 32.2 Å². The molecule has 0 amide bonds. The number of quaternary nitrogens is 1. The van der Waals surface area contributed by atoms with Gasteiger partial charge in [-0.05, 0) is 86.9 Å². The Morgan fingerprint density at radius 1 is 0.871 bits per heavy atom. The zero-order valence-corrected chi connectivity index (χ0v) is 20.5. The molecule has 0 aliphatic heterocycles. The predicted octanol–water partition coefficient (Wildman–Crippen LogP) is 6.06. The first kappa shape index (κ1) is 23.7. The number of likely N-dealkylation sites (N-methyl/N-ethyl adjacent to an activating group) is 1. The van der Waals surface area contributed by atoms with Crippen LogP contribution in [0.5, 0.6) is 0 Å². The molecule has 2 nitrogen and oxygen atoms in total. The standard InChI is InChI=1S/C27H32Cl2N2/c1-5-30(6-2)23-14-9-20(10-15-23)27(25-19-22(28)13-18-26(25)29)21-11-16-24(17-12-21)31(7-3)8-4/h9-19,23H,5-8H2,1-4H3/p+1. The SMILES string of the molecule is CCN(CC)c1ccc(C(=C2C=CC([NH+](CC)CC)C=C2)c2cc(Cl)ccc2Cl)cc1. The van der Waals surface area contributed by atoms with Gasteiger partial charge >= 0.3 is 0 Å². The number of rotatable bonds is 8. The summed E-state index contributed by atoms with van der Waals surface area (Å²) in [5.41, 5.74) is 5.59. The zero-order chi connectivity index (χ0) is 22.4. The predicted molar refractivity (Wildman–Crippen MR) is 137 cm³/mol. The lowest BCUT2D eigenvalue weighted by Crippen LogP contribution is -3.14. The van der Waals surface area contributed by atoms with Crippen LogP contribution in [0, 0.1) is 0 Å². The van der Waals surface area contributed by atoms with E-state index in [1.165, 1.54) is 5.69 Å². The van der Waals surface area contributed by atoms with E-state index < -0.39 is 0 Å². The van der Waals surface area contributed by atoms with Crippen molar-refractivity contribution in [2.45, 2.75) is 33.7 Å². The lowest BCUT2D eigenvalue weighted by atomic mass is 9.90. The van der Waals surface area contributed by atoms with Gasteiger partial charge in [0.05, 0.1) is 13.1 Å². The number of nitrogens with one attached hydrogen (secondary N) is 1. The summed E-state index contributed by atoms with van der Waals surface area (Å²) in [5, 5.41) is 1.39. The highest BCUT2D eigenvalue weighted by atomic mass is 35.5. The van der Waals surface area contributed by atoms with E-state index in [-0.39, 0.29) is 0 Å². The van der Waals surface area contributed by atoms with Crippen LogP contribution in [0.15, 0.2) is 72.3 Å². The lowest BCUT2D eigenvalue weighted by Gasteiger charge is -2.24. The molecule has 4 heteroatoms. The van der Waals surface area contributed by atoms with Gasteiger partial charge in [-0.3, -0.25) is 0 Å². The third-order valence-electron chi connectivity index (χ3n) is 6.12. The average Bonchev–Trinajstić information content (AvgIpc) is 2.80. The normalized spacial score (nSPS) is 15.6. The Hall–Kier alpha value is -2.00. The molecule has 0 saturated carbocycles. The van der Waals surface area contributed by atoms with Gasteiger partial charge in [-0.2, -0.15) is 0 Å². The summed E-state index contributed by atoms with van der Waals surface area (Å²) < 4.78 is 0. The largest absolute Gasteiger partial charge is 0.372 e. The van der Waals surface area contributed by atoms with Gasteiger partial charge in [0.25, 0.3) is 0 Å². The topological polar surface area (TPSA) is 7.68 Å². The van der Waals surface area contributed by atoms with E-state index in [4.69, 9.17) is 23.2 Å². The van der Waals surface area contributed by atoms with Crippen molar-refractivity contribution in [3.05, 3.63) is 93.5 Å². The van der Waals surface area contributed by atoms with Crippen LogP contribution in [0.2, 0.25) is 10.0 Å². The van der Waals surface area contributed by atoms with Gasteiger partial charge in [-0.15, -0.1) is 0 Å². The van der Waals surface area contributed by atoms with Crippen molar-refractivity contribution in [3.63, 3.8) is 0 Å². The molecule has 0 spiro atoms. The van der Waals surface area contributed by atoms with Crippen molar-refractivity contribution in [2.24, 2.45) is 0 Å². The van der Waals surface area contributed by atoms with E-state index in [9.17, 15) is 0 Å². The van der Waals surface area contributed by atoms with Crippen molar-refractivity contribution < 1.29 is 4.90 Å². The van der Waals surface area contributed by atoms with E-state index >= 15 is 0 Å². The van der Waals surface area contributed by atoms with E-state index in [0.717, 1.165) is 48.5 Å². The van der Waals surface area contributed by atoms with E-state index in [2.05, 4.69) is 81.2 Å². The first-order chi connectivity index (χ1) is 15.0. The van der Waals surface area contributed by atoms with Crippen LogP contribution in [0.4, 0.5) is 5.69 Å². The summed E-state index contributed by atoms with van der Waals surface area (Å²) in [4.78, 5) is 3.90. The number of hydrogen-bond acceptors (Lipinski definition) is 1. The Bertz CT molecular complexity index is 949. The second-order valence-corrected chi connectivity index (χ2v) is 8.63. The Kier molecular flexibility index (Phi) is 8.43. The lowest BCUT2D eigenvalue weighted by molar-refractivity contribution is -0.908. The van der Waals surface area contributed by atoms with E-state index in [1.54, 1.807) is 4.90 Å². The Morgan fingerprint density at radius 3 is 2.03 bits per heavy atom. The van der Waals surface area contributed by atoms with Gasteiger partial charge < -0.3 is 9.80 Å². The number of benzene rings is 2.